The average Bonchev–Trinajstić information content (AvgIpc) is 3.13. The number of hydrogen-bond donors (Lipinski definition) is 2. The zero-order chi connectivity index (χ0) is 15.6. The molecule has 2 rings (SSSR count). The molecule has 0 unspecified atom stereocenters. The highest BCUT2D eigenvalue weighted by atomic mass is 79.9. The molecule has 2 N–H and O–H groups in total. The van der Waals surface area contributed by atoms with Gasteiger partial charge in [-0.15, -0.1) is 0 Å². The van der Waals surface area contributed by atoms with Gasteiger partial charge in [0.2, 0.25) is 0 Å². The Bertz CT molecular complexity index is 525. The van der Waals surface area contributed by atoms with Crippen molar-refractivity contribution in [2.45, 2.75) is 44.9 Å². The maximum absolute atomic E-state index is 12.7. The Morgan fingerprint density at radius 1 is 1.48 bits per heavy atom. The van der Waals surface area contributed by atoms with Crippen molar-refractivity contribution in [2.75, 3.05) is 6.54 Å². The summed E-state index contributed by atoms with van der Waals surface area (Å²) in [5.74, 6) is 0. The Kier molecular flexibility index (Phi) is 5.13. The quantitative estimate of drug-likeness (QED) is 0.604. The van der Waals surface area contributed by atoms with Crippen molar-refractivity contribution < 1.29 is 13.2 Å². The number of nitrogens with zero attached hydrogens (tertiary/aromatic N) is 2. The maximum Gasteiger partial charge on any atom is 0.436 e. The number of aryl methyl sites for hydroxylation is 1. The predicted molar refractivity (Wildman–Crippen MR) is 81.0 cm³/mol. The normalized spacial score (nSPS) is 15.1. The Balaban J connectivity index is 1.81. The van der Waals surface area contributed by atoms with E-state index in [1.165, 1.54) is 4.68 Å². The van der Waals surface area contributed by atoms with E-state index in [-0.39, 0.29) is 4.47 Å². The van der Waals surface area contributed by atoms with E-state index in [2.05, 4.69) is 31.7 Å². The zero-order valence-corrected chi connectivity index (χ0v) is 13.8. The van der Waals surface area contributed by atoms with Crippen LogP contribution in [-0.2, 0) is 12.7 Å². The highest BCUT2D eigenvalue weighted by Gasteiger charge is 2.37. The number of hydrogen-bond acceptors (Lipinski definition) is 2. The second kappa shape index (κ2) is 6.51. The van der Waals surface area contributed by atoms with Crippen LogP contribution in [0, 0.1) is 6.92 Å². The molecule has 1 aromatic rings. The van der Waals surface area contributed by atoms with Gasteiger partial charge in [-0.1, -0.05) is 0 Å². The van der Waals surface area contributed by atoms with Gasteiger partial charge in [0.1, 0.15) is 0 Å². The smallest absolute Gasteiger partial charge is 0.363 e. The van der Waals surface area contributed by atoms with Crippen LogP contribution in [0.15, 0.2) is 4.47 Å². The summed E-state index contributed by atoms with van der Waals surface area (Å²) in [5, 5.41) is 10.4. The molecule has 1 aromatic heterocycles. The predicted octanol–water partition coefficient (Wildman–Crippen LogP) is 2.99. The highest BCUT2D eigenvalue weighted by Crippen LogP contribution is 2.35. The fraction of sp³-hybridized carbons (Fsp3) is 0.667. The van der Waals surface area contributed by atoms with Crippen molar-refractivity contribution in [3.8, 4) is 0 Å². The zero-order valence-electron chi connectivity index (χ0n) is 11.4. The van der Waals surface area contributed by atoms with Crippen molar-refractivity contribution >= 4 is 33.3 Å². The van der Waals surface area contributed by atoms with Crippen LogP contribution in [0.25, 0.3) is 0 Å². The Hall–Kier alpha value is -0.830. The lowest BCUT2D eigenvalue weighted by molar-refractivity contribution is -0.142. The number of alkyl halides is 3. The molecule has 21 heavy (non-hydrogen) atoms. The molecule has 0 spiro atoms. The summed E-state index contributed by atoms with van der Waals surface area (Å²) in [6.07, 6.45) is -1.52. The van der Waals surface area contributed by atoms with Gasteiger partial charge in [0.15, 0.2) is 10.8 Å². The van der Waals surface area contributed by atoms with Crippen LogP contribution in [0.5, 0.6) is 0 Å². The topological polar surface area (TPSA) is 41.9 Å². The van der Waals surface area contributed by atoms with Crippen molar-refractivity contribution in [1.29, 1.82) is 0 Å². The molecular weight excluding hydrogens is 369 g/mol. The lowest BCUT2D eigenvalue weighted by atomic mass is 10.3. The molecule has 0 aromatic carbocycles. The highest BCUT2D eigenvalue weighted by molar-refractivity contribution is 9.10. The monoisotopic (exact) mass is 384 g/mol. The molecule has 118 valence electrons. The summed E-state index contributed by atoms with van der Waals surface area (Å²) in [5.41, 5.74) is -0.403. The van der Waals surface area contributed by atoms with Crippen molar-refractivity contribution in [1.82, 2.24) is 20.4 Å². The molecule has 0 saturated heterocycles. The largest absolute Gasteiger partial charge is 0.436 e. The molecule has 1 saturated carbocycles. The summed E-state index contributed by atoms with van der Waals surface area (Å²) in [7, 11) is 0. The number of aromatic nitrogens is 2. The number of halogens is 4. The second-order valence-corrected chi connectivity index (χ2v) is 6.20. The van der Waals surface area contributed by atoms with Crippen LogP contribution in [-0.4, -0.2) is 27.5 Å². The van der Waals surface area contributed by atoms with Gasteiger partial charge in [-0.25, -0.2) is 0 Å². The van der Waals surface area contributed by atoms with E-state index in [0.717, 1.165) is 12.8 Å². The van der Waals surface area contributed by atoms with Gasteiger partial charge in [0, 0.05) is 19.1 Å². The first-order chi connectivity index (χ1) is 9.79. The molecule has 1 fully saturated rings. The Labute approximate surface area is 134 Å². The molecule has 0 bridgehead atoms. The standard InChI is InChI=1S/C12H16BrF3N4S/c1-7-9(13)10(12(14,15)16)19-20(7)6-2-5-17-11(21)18-8-3-4-8/h8H,2-6H2,1H3,(H2,17,18,21). The van der Waals surface area contributed by atoms with Crippen LogP contribution >= 0.6 is 28.1 Å². The molecule has 1 heterocycles. The summed E-state index contributed by atoms with van der Waals surface area (Å²) in [6.45, 7) is 2.61. The molecule has 9 heteroatoms. The number of rotatable bonds is 5. The molecule has 0 aliphatic heterocycles. The lowest BCUT2D eigenvalue weighted by Crippen LogP contribution is -2.37. The van der Waals surface area contributed by atoms with Gasteiger partial charge in [-0.3, -0.25) is 4.68 Å². The fourth-order valence-electron chi connectivity index (χ4n) is 1.82. The molecule has 0 atom stereocenters. The third-order valence-electron chi connectivity index (χ3n) is 3.15. The first-order valence-corrected chi connectivity index (χ1v) is 7.83. The fourth-order valence-corrected chi connectivity index (χ4v) is 2.60. The van der Waals surface area contributed by atoms with Crippen LogP contribution in [0.3, 0.4) is 0 Å². The minimum Gasteiger partial charge on any atom is -0.363 e. The van der Waals surface area contributed by atoms with Crippen LogP contribution in [0.4, 0.5) is 13.2 Å². The average molecular weight is 385 g/mol. The van der Waals surface area contributed by atoms with Gasteiger partial charge in [0.05, 0.1) is 10.2 Å². The van der Waals surface area contributed by atoms with E-state index in [4.69, 9.17) is 12.2 Å². The first-order valence-electron chi connectivity index (χ1n) is 6.63. The SMILES string of the molecule is Cc1c(Br)c(C(F)(F)F)nn1CCCNC(=S)NC1CC1. The summed E-state index contributed by atoms with van der Waals surface area (Å²) < 4.78 is 39.5. The van der Waals surface area contributed by atoms with E-state index in [1.54, 1.807) is 6.92 Å². The summed E-state index contributed by atoms with van der Waals surface area (Å²) >= 11 is 8.05. The molecule has 0 amide bonds. The van der Waals surface area contributed by atoms with Gasteiger partial charge in [-0.2, -0.15) is 18.3 Å². The molecule has 1 aliphatic rings. The minimum atomic E-state index is -4.44. The number of nitrogens with one attached hydrogen (secondary N) is 2. The Morgan fingerprint density at radius 3 is 2.67 bits per heavy atom. The van der Waals surface area contributed by atoms with Gasteiger partial charge in [0.25, 0.3) is 0 Å². The maximum atomic E-state index is 12.7. The summed E-state index contributed by atoms with van der Waals surface area (Å²) in [6, 6.07) is 0.489. The van der Waals surface area contributed by atoms with E-state index in [0.29, 0.717) is 36.4 Å². The Morgan fingerprint density at radius 2 is 2.14 bits per heavy atom. The molecule has 0 radical (unpaired) electrons. The van der Waals surface area contributed by atoms with Crippen LogP contribution < -0.4 is 10.6 Å². The van der Waals surface area contributed by atoms with Crippen LogP contribution in [0.1, 0.15) is 30.7 Å². The van der Waals surface area contributed by atoms with E-state index in [1.807, 2.05) is 0 Å². The minimum absolute atomic E-state index is 0.00822. The van der Waals surface area contributed by atoms with E-state index < -0.39 is 11.9 Å². The summed E-state index contributed by atoms with van der Waals surface area (Å²) in [4.78, 5) is 0. The van der Waals surface area contributed by atoms with Gasteiger partial charge < -0.3 is 10.6 Å². The third kappa shape index (κ3) is 4.57. The van der Waals surface area contributed by atoms with E-state index >= 15 is 0 Å². The van der Waals surface area contributed by atoms with Crippen LogP contribution in [0.2, 0.25) is 0 Å². The third-order valence-corrected chi connectivity index (χ3v) is 4.36. The molecule has 1 aliphatic carbocycles. The lowest BCUT2D eigenvalue weighted by Gasteiger charge is -2.10. The molecular formula is C12H16BrF3N4S. The first kappa shape index (κ1) is 16.5. The van der Waals surface area contributed by atoms with E-state index in [9.17, 15) is 13.2 Å². The second-order valence-electron chi connectivity index (χ2n) is 5.00. The van der Waals surface area contributed by atoms with Crippen molar-refractivity contribution in [3.05, 3.63) is 15.9 Å². The molecule has 4 nitrogen and oxygen atoms in total. The van der Waals surface area contributed by atoms with Crippen molar-refractivity contribution in [3.63, 3.8) is 0 Å². The van der Waals surface area contributed by atoms with Crippen molar-refractivity contribution in [2.24, 2.45) is 0 Å². The van der Waals surface area contributed by atoms with Gasteiger partial charge in [-0.05, 0) is 54.3 Å². The van der Waals surface area contributed by atoms with Gasteiger partial charge >= 0.3 is 6.18 Å². The number of thiocarbonyl (C=S) groups is 1.